The molecule has 0 saturated heterocycles. The van der Waals surface area contributed by atoms with Gasteiger partial charge in [0, 0.05) is 12.7 Å². The van der Waals surface area contributed by atoms with Crippen LogP contribution in [-0.2, 0) is 7.05 Å². The number of furan rings is 1. The summed E-state index contributed by atoms with van der Waals surface area (Å²) in [5, 5.41) is 11.6. The molecule has 8 heteroatoms. The van der Waals surface area contributed by atoms with Crippen LogP contribution < -0.4 is 9.64 Å². The van der Waals surface area contributed by atoms with Crippen LogP contribution in [0.1, 0.15) is 25.1 Å². The Morgan fingerprint density at radius 1 is 1.39 bits per heavy atom. The molecule has 0 bridgehead atoms. The number of hydrogen-bond donors (Lipinski definition) is 0. The minimum Gasteiger partial charge on any atom is -0.497 e. The Bertz CT molecular complexity index is 961. The SMILES string of the molecule is C=C(C)CC(c1ccco1)N(c1ccc(OC)cc1)c1c([N+](=O)[O-])ncn1C. The topological polar surface area (TPSA) is 86.6 Å². The number of methoxy groups -OCH3 is 1. The Hall–Kier alpha value is -3.55. The van der Waals surface area contributed by atoms with Gasteiger partial charge in [0.15, 0.2) is 0 Å². The fourth-order valence-corrected chi connectivity index (χ4v) is 3.14. The van der Waals surface area contributed by atoms with E-state index in [1.54, 1.807) is 31.1 Å². The van der Waals surface area contributed by atoms with Crippen molar-refractivity contribution in [2.45, 2.75) is 19.4 Å². The molecule has 0 amide bonds. The molecular weight excluding hydrogens is 360 g/mol. The van der Waals surface area contributed by atoms with Gasteiger partial charge in [0.25, 0.3) is 0 Å². The van der Waals surface area contributed by atoms with E-state index in [2.05, 4.69) is 11.6 Å². The van der Waals surface area contributed by atoms with E-state index in [1.807, 2.05) is 42.2 Å². The van der Waals surface area contributed by atoms with E-state index in [-0.39, 0.29) is 11.9 Å². The third-order valence-corrected chi connectivity index (χ3v) is 4.36. The summed E-state index contributed by atoms with van der Waals surface area (Å²) in [5.74, 6) is 1.50. The van der Waals surface area contributed by atoms with Crippen molar-refractivity contribution in [2.24, 2.45) is 7.05 Å². The van der Waals surface area contributed by atoms with E-state index in [1.165, 1.54) is 6.33 Å². The zero-order valence-corrected chi connectivity index (χ0v) is 16.0. The zero-order chi connectivity index (χ0) is 20.3. The van der Waals surface area contributed by atoms with Gasteiger partial charge >= 0.3 is 5.82 Å². The van der Waals surface area contributed by atoms with Crippen LogP contribution in [0, 0.1) is 10.1 Å². The molecule has 1 aromatic carbocycles. The molecular formula is C20H22N4O4. The standard InChI is InChI=1S/C20H22N4O4/c1-14(2)12-17(18-6-5-11-28-18)23(15-7-9-16(27-4)10-8-15)20-19(24(25)26)21-13-22(20)3/h5-11,13,17H,1,12H2,2-4H3. The molecule has 2 heterocycles. The molecule has 8 nitrogen and oxygen atoms in total. The lowest BCUT2D eigenvalue weighted by Gasteiger charge is -2.32. The van der Waals surface area contributed by atoms with Crippen LogP contribution in [0.3, 0.4) is 0 Å². The van der Waals surface area contributed by atoms with Crippen LogP contribution in [0.25, 0.3) is 0 Å². The van der Waals surface area contributed by atoms with E-state index in [9.17, 15) is 10.1 Å². The summed E-state index contributed by atoms with van der Waals surface area (Å²) in [6, 6.07) is 10.6. The third kappa shape index (κ3) is 3.75. The number of anilines is 2. The van der Waals surface area contributed by atoms with Gasteiger partial charge in [0.1, 0.15) is 11.5 Å². The molecule has 3 rings (SSSR count). The summed E-state index contributed by atoms with van der Waals surface area (Å²) in [4.78, 5) is 17.0. The Labute approximate surface area is 162 Å². The van der Waals surface area contributed by atoms with Gasteiger partial charge < -0.3 is 24.2 Å². The fraction of sp³-hybridized carbons (Fsp3) is 0.250. The fourth-order valence-electron chi connectivity index (χ4n) is 3.14. The number of ether oxygens (including phenoxy) is 1. The van der Waals surface area contributed by atoms with Gasteiger partial charge in [-0.15, -0.1) is 6.58 Å². The van der Waals surface area contributed by atoms with E-state index < -0.39 is 4.92 Å². The quantitative estimate of drug-likeness (QED) is 0.317. The van der Waals surface area contributed by atoms with Crippen molar-refractivity contribution in [3.63, 3.8) is 0 Å². The first-order chi connectivity index (χ1) is 13.4. The van der Waals surface area contributed by atoms with Gasteiger partial charge in [-0.1, -0.05) is 5.57 Å². The smallest absolute Gasteiger partial charge is 0.407 e. The molecule has 2 aromatic heterocycles. The second-order valence-corrected chi connectivity index (χ2v) is 6.52. The highest BCUT2D eigenvalue weighted by Gasteiger charge is 2.33. The number of nitro groups is 1. The first-order valence-corrected chi connectivity index (χ1v) is 8.69. The van der Waals surface area contributed by atoms with Gasteiger partial charge in [-0.25, -0.2) is 0 Å². The molecule has 0 saturated carbocycles. The lowest BCUT2D eigenvalue weighted by Crippen LogP contribution is -2.26. The summed E-state index contributed by atoms with van der Waals surface area (Å²) >= 11 is 0. The van der Waals surface area contributed by atoms with Crippen LogP contribution in [-0.4, -0.2) is 21.6 Å². The largest absolute Gasteiger partial charge is 0.497 e. The predicted octanol–water partition coefficient (Wildman–Crippen LogP) is 4.78. The molecule has 0 spiro atoms. The van der Waals surface area contributed by atoms with Crippen molar-refractivity contribution in [3.05, 3.63) is 77.0 Å². The number of nitrogens with zero attached hydrogens (tertiary/aromatic N) is 4. The highest BCUT2D eigenvalue weighted by Crippen LogP contribution is 2.42. The monoisotopic (exact) mass is 382 g/mol. The molecule has 0 radical (unpaired) electrons. The number of imidazole rings is 1. The van der Waals surface area contributed by atoms with Crippen molar-refractivity contribution < 1.29 is 14.1 Å². The van der Waals surface area contributed by atoms with Crippen molar-refractivity contribution in [2.75, 3.05) is 12.0 Å². The molecule has 0 fully saturated rings. The zero-order valence-electron chi connectivity index (χ0n) is 16.0. The highest BCUT2D eigenvalue weighted by molar-refractivity contribution is 5.69. The first kappa shape index (κ1) is 19.2. The number of aromatic nitrogens is 2. The lowest BCUT2D eigenvalue weighted by molar-refractivity contribution is -0.388. The summed E-state index contributed by atoms with van der Waals surface area (Å²) in [7, 11) is 3.32. The number of rotatable bonds is 8. The summed E-state index contributed by atoms with van der Waals surface area (Å²) in [5.41, 5.74) is 1.67. The molecule has 0 aliphatic carbocycles. The first-order valence-electron chi connectivity index (χ1n) is 8.69. The minimum absolute atomic E-state index is 0.225. The third-order valence-electron chi connectivity index (χ3n) is 4.36. The van der Waals surface area contributed by atoms with Crippen LogP contribution in [0.5, 0.6) is 5.75 Å². The molecule has 1 unspecified atom stereocenters. The van der Waals surface area contributed by atoms with Crippen LogP contribution in [0.4, 0.5) is 17.3 Å². The molecule has 0 N–H and O–H groups in total. The average Bonchev–Trinajstić information content (AvgIpc) is 3.32. The second kappa shape index (κ2) is 7.99. The number of hydrogen-bond acceptors (Lipinski definition) is 6. The number of benzene rings is 1. The lowest BCUT2D eigenvalue weighted by atomic mass is 10.0. The van der Waals surface area contributed by atoms with Crippen molar-refractivity contribution in [1.82, 2.24) is 9.55 Å². The van der Waals surface area contributed by atoms with Gasteiger partial charge in [0.2, 0.25) is 12.1 Å². The van der Waals surface area contributed by atoms with Gasteiger partial charge in [-0.3, -0.25) is 4.57 Å². The molecule has 146 valence electrons. The Kier molecular flexibility index (Phi) is 5.49. The van der Waals surface area contributed by atoms with E-state index in [0.717, 1.165) is 11.3 Å². The predicted molar refractivity (Wildman–Crippen MR) is 106 cm³/mol. The Morgan fingerprint density at radius 3 is 2.64 bits per heavy atom. The molecule has 3 aromatic rings. The van der Waals surface area contributed by atoms with Crippen LogP contribution >= 0.6 is 0 Å². The average molecular weight is 382 g/mol. The van der Waals surface area contributed by atoms with Gasteiger partial charge in [0.05, 0.1) is 19.4 Å². The van der Waals surface area contributed by atoms with Crippen molar-refractivity contribution in [3.8, 4) is 5.75 Å². The Balaban J connectivity index is 2.22. The van der Waals surface area contributed by atoms with Gasteiger partial charge in [-0.2, -0.15) is 0 Å². The molecule has 0 aliphatic heterocycles. The maximum atomic E-state index is 11.6. The van der Waals surface area contributed by atoms with Crippen molar-refractivity contribution >= 4 is 17.3 Å². The molecule has 0 aliphatic rings. The van der Waals surface area contributed by atoms with E-state index in [4.69, 9.17) is 9.15 Å². The summed E-state index contributed by atoms with van der Waals surface area (Å²) in [6.45, 7) is 5.94. The summed E-state index contributed by atoms with van der Waals surface area (Å²) < 4.78 is 12.6. The summed E-state index contributed by atoms with van der Waals surface area (Å²) in [6.07, 6.45) is 3.57. The minimum atomic E-state index is -0.480. The second-order valence-electron chi connectivity index (χ2n) is 6.52. The maximum Gasteiger partial charge on any atom is 0.407 e. The molecule has 1 atom stereocenters. The van der Waals surface area contributed by atoms with Crippen LogP contribution in [0.15, 0.2) is 65.6 Å². The maximum absolute atomic E-state index is 11.6. The van der Waals surface area contributed by atoms with E-state index >= 15 is 0 Å². The normalized spacial score (nSPS) is 11.8. The van der Waals surface area contributed by atoms with Crippen molar-refractivity contribution in [1.29, 1.82) is 0 Å². The van der Waals surface area contributed by atoms with E-state index in [0.29, 0.717) is 23.7 Å². The molecule has 28 heavy (non-hydrogen) atoms. The number of aryl methyl sites for hydroxylation is 1. The van der Waals surface area contributed by atoms with Gasteiger partial charge in [-0.05, 0) is 59.7 Å². The Morgan fingerprint density at radius 2 is 2.11 bits per heavy atom. The van der Waals surface area contributed by atoms with Crippen LogP contribution in [0.2, 0.25) is 0 Å². The highest BCUT2D eigenvalue weighted by atomic mass is 16.6.